The lowest BCUT2D eigenvalue weighted by Gasteiger charge is -2.36. The summed E-state index contributed by atoms with van der Waals surface area (Å²) in [5.74, 6) is 0.114. The average Bonchev–Trinajstić information content (AvgIpc) is 3.06. The fraction of sp³-hybridized carbons (Fsp3) is 0.263. The van der Waals surface area contributed by atoms with Gasteiger partial charge in [0.15, 0.2) is 12.2 Å². The molecule has 1 fully saturated rings. The molecule has 0 atom stereocenters. The van der Waals surface area contributed by atoms with E-state index in [0.717, 1.165) is 5.69 Å². The number of H-pyrrole nitrogens is 1. The second-order valence-corrected chi connectivity index (χ2v) is 6.74. The molecule has 1 amide bonds. The third-order valence-corrected chi connectivity index (χ3v) is 4.83. The van der Waals surface area contributed by atoms with Crippen LogP contribution >= 0.6 is 11.6 Å². The lowest BCUT2D eigenvalue weighted by molar-refractivity contribution is -0.133. The number of piperazine rings is 1. The summed E-state index contributed by atoms with van der Waals surface area (Å²) in [5.41, 5.74) is 2.18. The lowest BCUT2D eigenvalue weighted by Crippen LogP contribution is -2.50. The quantitative estimate of drug-likeness (QED) is 0.744. The first-order valence-corrected chi connectivity index (χ1v) is 9.00. The average molecular weight is 388 g/mol. The maximum atomic E-state index is 12.4. The van der Waals surface area contributed by atoms with Gasteiger partial charge in [0.05, 0.1) is 5.52 Å². The van der Waals surface area contributed by atoms with Crippen molar-refractivity contribution >= 4 is 34.3 Å². The summed E-state index contributed by atoms with van der Waals surface area (Å²) in [5, 5.41) is 0.627. The molecule has 2 aromatic carbocycles. The highest BCUT2D eigenvalue weighted by Crippen LogP contribution is 2.22. The van der Waals surface area contributed by atoms with Gasteiger partial charge in [-0.3, -0.25) is 9.78 Å². The van der Waals surface area contributed by atoms with Gasteiger partial charge in [0.1, 0.15) is 5.75 Å². The fourth-order valence-corrected chi connectivity index (χ4v) is 3.24. The molecule has 4 rings (SSSR count). The Balaban J connectivity index is 1.32. The van der Waals surface area contributed by atoms with Crippen LogP contribution in [0.5, 0.6) is 5.75 Å². The number of hydrogen-bond acceptors (Lipinski definition) is 5. The number of oxazole rings is 1. The van der Waals surface area contributed by atoms with Crippen molar-refractivity contribution in [2.75, 3.05) is 37.7 Å². The molecule has 1 N–H and O–H groups in total. The van der Waals surface area contributed by atoms with E-state index in [2.05, 4.69) is 9.88 Å². The van der Waals surface area contributed by atoms with Crippen molar-refractivity contribution in [3.8, 4) is 5.75 Å². The van der Waals surface area contributed by atoms with E-state index in [4.69, 9.17) is 20.8 Å². The maximum absolute atomic E-state index is 12.4. The van der Waals surface area contributed by atoms with Crippen LogP contribution in [0.4, 0.5) is 5.69 Å². The number of halogens is 1. The van der Waals surface area contributed by atoms with E-state index >= 15 is 0 Å². The molecular weight excluding hydrogens is 370 g/mol. The minimum absolute atomic E-state index is 0.00208. The number of amides is 1. The van der Waals surface area contributed by atoms with E-state index in [1.165, 1.54) is 0 Å². The molecule has 140 valence electrons. The van der Waals surface area contributed by atoms with Crippen molar-refractivity contribution in [1.82, 2.24) is 9.88 Å². The Morgan fingerprint density at radius 2 is 1.85 bits per heavy atom. The summed E-state index contributed by atoms with van der Waals surface area (Å²) in [7, 11) is 0. The molecule has 2 heterocycles. The molecule has 1 aliphatic heterocycles. The van der Waals surface area contributed by atoms with Crippen molar-refractivity contribution in [2.24, 2.45) is 0 Å². The highest BCUT2D eigenvalue weighted by atomic mass is 35.5. The van der Waals surface area contributed by atoms with Crippen LogP contribution in [0.25, 0.3) is 11.1 Å². The van der Waals surface area contributed by atoms with Crippen molar-refractivity contribution in [3.05, 3.63) is 58.0 Å². The van der Waals surface area contributed by atoms with Crippen LogP contribution < -0.4 is 15.4 Å². The van der Waals surface area contributed by atoms with Gasteiger partial charge in [0.25, 0.3) is 5.91 Å². The van der Waals surface area contributed by atoms with Crippen molar-refractivity contribution in [1.29, 1.82) is 0 Å². The van der Waals surface area contributed by atoms with E-state index in [1.54, 1.807) is 29.2 Å². The zero-order valence-corrected chi connectivity index (χ0v) is 15.2. The molecule has 27 heavy (non-hydrogen) atoms. The number of rotatable bonds is 4. The molecule has 1 aromatic heterocycles. The smallest absolute Gasteiger partial charge is 0.417 e. The van der Waals surface area contributed by atoms with Crippen LogP contribution in [0.3, 0.4) is 0 Å². The minimum Gasteiger partial charge on any atom is -0.484 e. The number of anilines is 1. The second-order valence-electron chi connectivity index (χ2n) is 6.31. The number of nitrogens with one attached hydrogen (secondary N) is 1. The minimum atomic E-state index is -0.460. The summed E-state index contributed by atoms with van der Waals surface area (Å²) >= 11 is 5.84. The summed E-state index contributed by atoms with van der Waals surface area (Å²) in [6.07, 6.45) is 0. The normalized spacial score (nSPS) is 14.6. The first-order chi connectivity index (χ1) is 13.1. The SMILES string of the molecule is O=C(COc1ccc(Cl)cc1)N1CCN(c2ccc3[nH]c(=O)oc3c2)CC1. The number of ether oxygens (including phenoxy) is 1. The Kier molecular flexibility index (Phi) is 4.77. The first kappa shape index (κ1) is 17.5. The van der Waals surface area contributed by atoms with Crippen LogP contribution in [0.2, 0.25) is 5.02 Å². The molecule has 8 heteroatoms. The van der Waals surface area contributed by atoms with E-state index in [-0.39, 0.29) is 12.5 Å². The van der Waals surface area contributed by atoms with Gasteiger partial charge < -0.3 is 19.0 Å². The van der Waals surface area contributed by atoms with E-state index in [0.29, 0.717) is 48.1 Å². The molecule has 0 bridgehead atoms. The number of carbonyl (C=O) groups is 1. The van der Waals surface area contributed by atoms with Gasteiger partial charge in [0.2, 0.25) is 0 Å². The molecule has 0 radical (unpaired) electrons. The molecular formula is C19H18ClN3O4. The Labute approximate surface area is 160 Å². The number of benzene rings is 2. The summed E-state index contributed by atoms with van der Waals surface area (Å²) in [4.78, 5) is 30.2. The Bertz CT molecular complexity index is 1000. The third kappa shape index (κ3) is 3.93. The van der Waals surface area contributed by atoms with E-state index in [9.17, 15) is 9.59 Å². The molecule has 1 saturated heterocycles. The second kappa shape index (κ2) is 7.36. The largest absolute Gasteiger partial charge is 0.484 e. The number of aromatic amines is 1. The number of fused-ring (bicyclic) bond motifs is 1. The fourth-order valence-electron chi connectivity index (χ4n) is 3.11. The van der Waals surface area contributed by atoms with Crippen LogP contribution in [0.1, 0.15) is 0 Å². The predicted octanol–water partition coefficient (Wildman–Crippen LogP) is 2.50. The van der Waals surface area contributed by atoms with E-state index in [1.807, 2.05) is 18.2 Å². The van der Waals surface area contributed by atoms with E-state index < -0.39 is 5.76 Å². The van der Waals surface area contributed by atoms with Crippen molar-refractivity contribution in [2.45, 2.75) is 0 Å². The van der Waals surface area contributed by atoms with Crippen LogP contribution in [-0.4, -0.2) is 48.6 Å². The lowest BCUT2D eigenvalue weighted by atomic mass is 10.2. The van der Waals surface area contributed by atoms with Gasteiger partial charge in [-0.2, -0.15) is 0 Å². The predicted molar refractivity (Wildman–Crippen MR) is 103 cm³/mol. The van der Waals surface area contributed by atoms with Gasteiger partial charge >= 0.3 is 5.76 Å². The molecule has 7 nitrogen and oxygen atoms in total. The van der Waals surface area contributed by atoms with Gasteiger partial charge in [0, 0.05) is 43.0 Å². The molecule has 0 spiro atoms. The first-order valence-electron chi connectivity index (χ1n) is 8.62. The van der Waals surface area contributed by atoms with Crippen LogP contribution in [0.15, 0.2) is 51.7 Å². The number of hydrogen-bond donors (Lipinski definition) is 1. The highest BCUT2D eigenvalue weighted by molar-refractivity contribution is 6.30. The number of nitrogens with zero attached hydrogens (tertiary/aromatic N) is 2. The van der Waals surface area contributed by atoms with Gasteiger partial charge in [-0.15, -0.1) is 0 Å². The third-order valence-electron chi connectivity index (χ3n) is 4.58. The molecule has 3 aromatic rings. The van der Waals surface area contributed by atoms with Crippen molar-refractivity contribution < 1.29 is 13.9 Å². The van der Waals surface area contributed by atoms with Gasteiger partial charge in [-0.1, -0.05) is 11.6 Å². The molecule has 0 aliphatic carbocycles. The summed E-state index contributed by atoms with van der Waals surface area (Å²) in [6, 6.07) is 12.5. The number of carbonyl (C=O) groups excluding carboxylic acids is 1. The molecule has 0 unspecified atom stereocenters. The summed E-state index contributed by atoms with van der Waals surface area (Å²) in [6.45, 7) is 2.62. The van der Waals surface area contributed by atoms with Gasteiger partial charge in [-0.05, 0) is 36.4 Å². The zero-order chi connectivity index (χ0) is 18.8. The maximum Gasteiger partial charge on any atom is 0.417 e. The van der Waals surface area contributed by atoms with Crippen LogP contribution in [-0.2, 0) is 4.79 Å². The molecule has 1 aliphatic rings. The van der Waals surface area contributed by atoms with Gasteiger partial charge in [-0.25, -0.2) is 4.79 Å². The number of aromatic nitrogens is 1. The molecule has 0 saturated carbocycles. The Morgan fingerprint density at radius 1 is 1.11 bits per heavy atom. The van der Waals surface area contributed by atoms with Crippen molar-refractivity contribution in [3.63, 3.8) is 0 Å². The zero-order valence-electron chi connectivity index (χ0n) is 14.5. The van der Waals surface area contributed by atoms with Crippen LogP contribution in [0, 0.1) is 0 Å². The standard InChI is InChI=1S/C19H18ClN3O4/c20-13-1-4-15(5-2-13)26-12-18(24)23-9-7-22(8-10-23)14-3-6-16-17(11-14)27-19(25)21-16/h1-6,11H,7-10,12H2,(H,21,25). The summed E-state index contributed by atoms with van der Waals surface area (Å²) < 4.78 is 10.6. The highest BCUT2D eigenvalue weighted by Gasteiger charge is 2.22. The Hall–Kier alpha value is -2.93. The topological polar surface area (TPSA) is 78.8 Å². The Morgan fingerprint density at radius 3 is 2.59 bits per heavy atom. The monoisotopic (exact) mass is 387 g/mol.